The Hall–Kier alpha value is -0.420. The van der Waals surface area contributed by atoms with Crippen LogP contribution in [-0.4, -0.2) is 24.9 Å². The van der Waals surface area contributed by atoms with Crippen molar-refractivity contribution in [3.8, 4) is 0 Å². The van der Waals surface area contributed by atoms with E-state index in [9.17, 15) is 9.36 Å². The number of nitrogens with two attached hydrogens (primary N) is 2. The van der Waals surface area contributed by atoms with Crippen LogP contribution < -0.4 is 11.5 Å². The first kappa shape index (κ1) is 12.6. The van der Waals surface area contributed by atoms with E-state index in [1.54, 1.807) is 13.8 Å². The zero-order valence-electron chi connectivity index (χ0n) is 7.73. The lowest BCUT2D eigenvalue weighted by Gasteiger charge is -2.20. The van der Waals surface area contributed by atoms with Crippen LogP contribution in [0.5, 0.6) is 0 Å². The Balaban J connectivity index is 4.57. The normalized spacial score (nSPS) is 14.1. The van der Waals surface area contributed by atoms with E-state index in [-0.39, 0.29) is 13.2 Å². The molecule has 0 unspecified atom stereocenters. The molecule has 0 saturated carbocycles. The molecule has 1 atom stereocenters. The summed E-state index contributed by atoms with van der Waals surface area (Å²) in [5.74, 6) is -2.29. The van der Waals surface area contributed by atoms with Crippen molar-refractivity contribution in [3.63, 3.8) is 0 Å². The van der Waals surface area contributed by atoms with E-state index in [2.05, 4.69) is 0 Å². The van der Waals surface area contributed by atoms with Crippen LogP contribution in [0.1, 0.15) is 13.8 Å². The minimum Gasteiger partial charge on any atom is -0.368 e. The van der Waals surface area contributed by atoms with E-state index in [1.807, 2.05) is 0 Å². The molecule has 0 aromatic heterocycles. The molecule has 6 nitrogen and oxygen atoms in total. The molecule has 0 bridgehead atoms. The maximum absolute atomic E-state index is 11.7. The molecule has 13 heavy (non-hydrogen) atoms. The lowest BCUT2D eigenvalue weighted by atomic mass is 10.6. The fourth-order valence-corrected chi connectivity index (χ4v) is 2.14. The predicted molar refractivity (Wildman–Crippen MR) is 48.0 cm³/mol. The van der Waals surface area contributed by atoms with Gasteiger partial charge in [0.25, 0.3) is 0 Å². The molecule has 0 fully saturated rings. The van der Waals surface area contributed by atoms with Gasteiger partial charge in [0.2, 0.25) is 5.91 Å². The van der Waals surface area contributed by atoms with Crippen molar-refractivity contribution in [1.29, 1.82) is 0 Å². The van der Waals surface area contributed by atoms with Crippen LogP contribution in [0.25, 0.3) is 0 Å². The minimum absolute atomic E-state index is 0.151. The van der Waals surface area contributed by atoms with E-state index < -0.39 is 19.3 Å². The van der Waals surface area contributed by atoms with Crippen molar-refractivity contribution < 1.29 is 18.4 Å². The molecule has 1 amide bonds. The van der Waals surface area contributed by atoms with Crippen LogP contribution in [0.15, 0.2) is 0 Å². The zero-order chi connectivity index (χ0) is 10.5. The van der Waals surface area contributed by atoms with E-state index in [0.717, 1.165) is 0 Å². The molecule has 7 heteroatoms. The average Bonchev–Trinajstić information content (AvgIpc) is 2.03. The highest BCUT2D eigenvalue weighted by Gasteiger charge is 2.36. The number of primary amides is 1. The van der Waals surface area contributed by atoms with E-state index >= 15 is 0 Å². The van der Waals surface area contributed by atoms with Crippen molar-refractivity contribution in [2.24, 2.45) is 11.5 Å². The third-order valence-corrected chi connectivity index (χ3v) is 3.42. The highest BCUT2D eigenvalue weighted by atomic mass is 31.2. The number of amides is 1. The third kappa shape index (κ3) is 3.44. The molecule has 0 saturated heterocycles. The second-order valence-electron chi connectivity index (χ2n) is 2.22. The van der Waals surface area contributed by atoms with Gasteiger partial charge in [0.15, 0.2) is 5.78 Å². The summed E-state index contributed by atoms with van der Waals surface area (Å²) in [7, 11) is -3.56. The second kappa shape index (κ2) is 5.34. The van der Waals surface area contributed by atoms with Crippen LogP contribution >= 0.6 is 7.60 Å². The summed E-state index contributed by atoms with van der Waals surface area (Å²) in [6, 6.07) is 0. The Morgan fingerprint density at radius 2 is 1.77 bits per heavy atom. The molecule has 4 N–H and O–H groups in total. The van der Waals surface area contributed by atoms with E-state index in [1.165, 1.54) is 0 Å². The molecule has 0 aliphatic rings. The topological polar surface area (TPSA) is 105 Å². The highest BCUT2D eigenvalue weighted by Crippen LogP contribution is 2.50. The number of carbonyl (C=O) groups is 1. The minimum atomic E-state index is -3.56. The number of carbonyl (C=O) groups excluding carboxylic acids is 1. The monoisotopic (exact) mass is 210 g/mol. The van der Waals surface area contributed by atoms with Gasteiger partial charge in [0.05, 0.1) is 13.2 Å². The van der Waals surface area contributed by atoms with Crippen LogP contribution in [-0.2, 0) is 18.4 Å². The van der Waals surface area contributed by atoms with Gasteiger partial charge in [-0.05, 0) is 13.8 Å². The number of hydrogen-bond acceptors (Lipinski definition) is 5. The molecule has 78 valence electrons. The van der Waals surface area contributed by atoms with Gasteiger partial charge in [-0.15, -0.1) is 0 Å². The maximum Gasteiger partial charge on any atom is 0.356 e. The molecule has 0 aliphatic carbocycles. The van der Waals surface area contributed by atoms with Crippen LogP contribution in [0, 0.1) is 0 Å². The standard InChI is InChI=1S/C6H15N2O4P/c1-3-11-13(10,12-4-2)6(8)5(7)9/h6H,3-4,8H2,1-2H3,(H2,7,9)/t6-/m1/s1. The third-order valence-electron chi connectivity index (χ3n) is 1.25. The summed E-state index contributed by atoms with van der Waals surface area (Å²) >= 11 is 0. The van der Waals surface area contributed by atoms with Gasteiger partial charge >= 0.3 is 7.60 Å². The largest absolute Gasteiger partial charge is 0.368 e. The molecular formula is C6H15N2O4P. The molecular weight excluding hydrogens is 195 g/mol. The van der Waals surface area contributed by atoms with Gasteiger partial charge in [-0.1, -0.05) is 0 Å². The summed E-state index contributed by atoms with van der Waals surface area (Å²) in [5.41, 5.74) is 10.2. The van der Waals surface area contributed by atoms with Gasteiger partial charge in [-0.3, -0.25) is 9.36 Å². The maximum atomic E-state index is 11.7. The van der Waals surface area contributed by atoms with Crippen LogP contribution in [0.2, 0.25) is 0 Å². The Labute approximate surface area is 77.1 Å². The Bertz CT molecular complexity index is 211. The smallest absolute Gasteiger partial charge is 0.356 e. The predicted octanol–water partition coefficient (Wildman–Crippen LogP) is 0.0226. The summed E-state index contributed by atoms with van der Waals surface area (Å²) < 4.78 is 21.3. The summed E-state index contributed by atoms with van der Waals surface area (Å²) in [5, 5.41) is 0. The molecule has 0 rings (SSSR count). The van der Waals surface area contributed by atoms with Gasteiger partial charge in [0.1, 0.15) is 0 Å². The molecule has 0 aromatic rings. The Morgan fingerprint density at radius 3 is 2.00 bits per heavy atom. The SMILES string of the molecule is CCOP(=O)(OCC)[C@@H](N)C(N)=O. The van der Waals surface area contributed by atoms with Crippen molar-refractivity contribution >= 4 is 13.5 Å². The number of rotatable bonds is 6. The van der Waals surface area contributed by atoms with E-state index in [4.69, 9.17) is 20.5 Å². The fraction of sp³-hybridized carbons (Fsp3) is 0.833. The second-order valence-corrected chi connectivity index (χ2v) is 4.37. The lowest BCUT2D eigenvalue weighted by Crippen LogP contribution is -2.37. The average molecular weight is 210 g/mol. The van der Waals surface area contributed by atoms with Gasteiger partial charge < -0.3 is 20.5 Å². The van der Waals surface area contributed by atoms with Gasteiger partial charge in [-0.2, -0.15) is 0 Å². The first-order chi connectivity index (χ1) is 5.98. The molecule has 0 radical (unpaired) electrons. The van der Waals surface area contributed by atoms with Crippen LogP contribution in [0.4, 0.5) is 0 Å². The quantitative estimate of drug-likeness (QED) is 0.601. The van der Waals surface area contributed by atoms with Crippen molar-refractivity contribution in [1.82, 2.24) is 0 Å². The number of hydrogen-bond donors (Lipinski definition) is 2. The lowest BCUT2D eigenvalue weighted by molar-refractivity contribution is -0.118. The molecule has 0 aromatic carbocycles. The first-order valence-corrected chi connectivity index (χ1v) is 5.52. The molecule has 0 aliphatic heterocycles. The van der Waals surface area contributed by atoms with Crippen molar-refractivity contribution in [3.05, 3.63) is 0 Å². The molecule has 0 spiro atoms. The first-order valence-electron chi connectivity index (χ1n) is 3.91. The summed E-state index contributed by atoms with van der Waals surface area (Å²) in [6.45, 7) is 3.55. The van der Waals surface area contributed by atoms with Gasteiger partial charge in [-0.25, -0.2) is 0 Å². The van der Waals surface area contributed by atoms with Crippen molar-refractivity contribution in [2.75, 3.05) is 13.2 Å². The molecule has 0 heterocycles. The summed E-state index contributed by atoms with van der Waals surface area (Å²) in [4.78, 5) is 10.7. The Morgan fingerprint density at radius 1 is 1.38 bits per heavy atom. The van der Waals surface area contributed by atoms with E-state index in [0.29, 0.717) is 0 Å². The Kier molecular flexibility index (Phi) is 5.17. The van der Waals surface area contributed by atoms with Crippen LogP contribution in [0.3, 0.4) is 0 Å². The fourth-order valence-electron chi connectivity index (χ4n) is 0.714. The van der Waals surface area contributed by atoms with Gasteiger partial charge in [0, 0.05) is 0 Å². The summed E-state index contributed by atoms with van der Waals surface area (Å²) in [6.07, 6.45) is 0. The highest BCUT2D eigenvalue weighted by molar-refractivity contribution is 7.55. The zero-order valence-corrected chi connectivity index (χ0v) is 8.62. The van der Waals surface area contributed by atoms with Crippen molar-refractivity contribution in [2.45, 2.75) is 19.6 Å².